The fourth-order valence-corrected chi connectivity index (χ4v) is 2.85. The Morgan fingerprint density at radius 1 is 1.19 bits per heavy atom. The predicted octanol–water partition coefficient (Wildman–Crippen LogP) is 0.420. The molecule has 2 aliphatic rings. The molecule has 0 aromatic heterocycles. The SMILES string of the molecule is C[C@@H](N)C(=O)N1CCC(N2CCCC2)CC1. The highest BCUT2D eigenvalue weighted by Crippen LogP contribution is 2.21. The van der Waals surface area contributed by atoms with Crippen LogP contribution in [0.2, 0.25) is 0 Å². The molecule has 2 aliphatic heterocycles. The minimum absolute atomic E-state index is 0.111. The molecular weight excluding hydrogens is 202 g/mol. The van der Waals surface area contributed by atoms with Gasteiger partial charge in [0.05, 0.1) is 6.04 Å². The van der Waals surface area contributed by atoms with Crippen molar-refractivity contribution in [1.82, 2.24) is 9.80 Å². The highest BCUT2D eigenvalue weighted by molar-refractivity contribution is 5.81. The summed E-state index contributed by atoms with van der Waals surface area (Å²) < 4.78 is 0. The molecule has 4 nitrogen and oxygen atoms in total. The molecule has 0 bridgehead atoms. The van der Waals surface area contributed by atoms with E-state index in [4.69, 9.17) is 5.73 Å². The number of rotatable bonds is 2. The zero-order valence-corrected chi connectivity index (χ0v) is 10.2. The van der Waals surface area contributed by atoms with E-state index >= 15 is 0 Å². The second-order valence-electron chi connectivity index (χ2n) is 5.09. The zero-order valence-electron chi connectivity index (χ0n) is 10.2. The van der Waals surface area contributed by atoms with E-state index in [1.807, 2.05) is 4.90 Å². The largest absolute Gasteiger partial charge is 0.341 e. The number of hydrogen-bond donors (Lipinski definition) is 1. The molecule has 2 rings (SSSR count). The van der Waals surface area contributed by atoms with E-state index in [0.29, 0.717) is 6.04 Å². The molecule has 0 aromatic rings. The van der Waals surface area contributed by atoms with Crippen LogP contribution in [0, 0.1) is 0 Å². The van der Waals surface area contributed by atoms with Crippen molar-refractivity contribution in [3.8, 4) is 0 Å². The van der Waals surface area contributed by atoms with Crippen molar-refractivity contribution in [1.29, 1.82) is 0 Å². The number of likely N-dealkylation sites (tertiary alicyclic amines) is 2. The summed E-state index contributed by atoms with van der Waals surface area (Å²) in [4.78, 5) is 16.2. The van der Waals surface area contributed by atoms with E-state index in [1.54, 1.807) is 6.92 Å². The van der Waals surface area contributed by atoms with Gasteiger partial charge in [-0.3, -0.25) is 4.79 Å². The lowest BCUT2D eigenvalue weighted by Gasteiger charge is -2.37. The maximum atomic E-state index is 11.7. The molecule has 2 saturated heterocycles. The topological polar surface area (TPSA) is 49.6 Å². The van der Waals surface area contributed by atoms with Crippen LogP contribution in [0.15, 0.2) is 0 Å². The molecule has 0 radical (unpaired) electrons. The van der Waals surface area contributed by atoms with Crippen molar-refractivity contribution in [3.05, 3.63) is 0 Å². The molecule has 2 fully saturated rings. The van der Waals surface area contributed by atoms with Crippen LogP contribution >= 0.6 is 0 Å². The van der Waals surface area contributed by atoms with Crippen LogP contribution in [-0.4, -0.2) is 54.0 Å². The molecular formula is C12H23N3O. The van der Waals surface area contributed by atoms with E-state index < -0.39 is 0 Å². The number of amides is 1. The van der Waals surface area contributed by atoms with Crippen LogP contribution in [0.25, 0.3) is 0 Å². The van der Waals surface area contributed by atoms with Crippen LogP contribution in [0.4, 0.5) is 0 Å². The summed E-state index contributed by atoms with van der Waals surface area (Å²) in [7, 11) is 0. The summed E-state index contributed by atoms with van der Waals surface area (Å²) >= 11 is 0. The summed E-state index contributed by atoms with van der Waals surface area (Å²) in [5.74, 6) is 0.111. The first-order valence-electron chi connectivity index (χ1n) is 6.47. The maximum absolute atomic E-state index is 11.7. The van der Waals surface area contributed by atoms with Gasteiger partial charge in [-0.25, -0.2) is 0 Å². The Hall–Kier alpha value is -0.610. The number of carbonyl (C=O) groups excluding carboxylic acids is 1. The predicted molar refractivity (Wildman–Crippen MR) is 64.1 cm³/mol. The second-order valence-corrected chi connectivity index (χ2v) is 5.09. The number of hydrogen-bond acceptors (Lipinski definition) is 3. The van der Waals surface area contributed by atoms with Gasteiger partial charge in [-0.05, 0) is 45.7 Å². The van der Waals surface area contributed by atoms with Crippen LogP contribution < -0.4 is 5.73 Å². The van der Waals surface area contributed by atoms with E-state index in [2.05, 4.69) is 4.90 Å². The number of nitrogens with zero attached hydrogens (tertiary/aromatic N) is 2. The third-order valence-corrected chi connectivity index (χ3v) is 3.82. The molecule has 92 valence electrons. The molecule has 0 saturated carbocycles. The van der Waals surface area contributed by atoms with Gasteiger partial charge in [-0.1, -0.05) is 0 Å². The Balaban J connectivity index is 1.80. The smallest absolute Gasteiger partial charge is 0.239 e. The third kappa shape index (κ3) is 2.55. The van der Waals surface area contributed by atoms with Crippen molar-refractivity contribution in [3.63, 3.8) is 0 Å². The van der Waals surface area contributed by atoms with Crippen molar-refractivity contribution >= 4 is 5.91 Å². The minimum atomic E-state index is -0.344. The average Bonchev–Trinajstić information content (AvgIpc) is 2.81. The highest BCUT2D eigenvalue weighted by atomic mass is 16.2. The van der Waals surface area contributed by atoms with E-state index in [9.17, 15) is 4.79 Å². The molecule has 2 N–H and O–H groups in total. The molecule has 0 aliphatic carbocycles. The Labute approximate surface area is 97.8 Å². The fourth-order valence-electron chi connectivity index (χ4n) is 2.85. The molecule has 1 amide bonds. The molecule has 4 heteroatoms. The van der Waals surface area contributed by atoms with Crippen LogP contribution in [0.1, 0.15) is 32.6 Å². The quantitative estimate of drug-likeness (QED) is 0.741. The van der Waals surface area contributed by atoms with Crippen molar-refractivity contribution in [2.24, 2.45) is 5.73 Å². The fraction of sp³-hybridized carbons (Fsp3) is 0.917. The highest BCUT2D eigenvalue weighted by Gasteiger charge is 2.28. The van der Waals surface area contributed by atoms with Gasteiger partial charge in [0, 0.05) is 19.1 Å². The molecule has 0 unspecified atom stereocenters. The lowest BCUT2D eigenvalue weighted by atomic mass is 10.0. The first-order chi connectivity index (χ1) is 7.68. The van der Waals surface area contributed by atoms with E-state index in [-0.39, 0.29) is 11.9 Å². The van der Waals surface area contributed by atoms with Gasteiger partial charge >= 0.3 is 0 Å². The standard InChI is InChI=1S/C12H23N3O/c1-10(13)12(16)15-8-4-11(5-9-15)14-6-2-3-7-14/h10-11H,2-9,13H2,1H3/t10-/m1/s1. The lowest BCUT2D eigenvalue weighted by Crippen LogP contribution is -2.49. The van der Waals surface area contributed by atoms with Crippen molar-refractivity contribution < 1.29 is 4.79 Å². The van der Waals surface area contributed by atoms with E-state index in [1.165, 1.54) is 25.9 Å². The summed E-state index contributed by atoms with van der Waals surface area (Å²) in [6, 6.07) is 0.364. The van der Waals surface area contributed by atoms with Crippen LogP contribution in [0.3, 0.4) is 0 Å². The Morgan fingerprint density at radius 3 is 2.25 bits per heavy atom. The molecule has 0 spiro atoms. The Kier molecular flexibility index (Phi) is 3.82. The molecule has 16 heavy (non-hydrogen) atoms. The lowest BCUT2D eigenvalue weighted by molar-refractivity contribution is -0.133. The minimum Gasteiger partial charge on any atom is -0.341 e. The molecule has 1 atom stereocenters. The number of carbonyl (C=O) groups is 1. The van der Waals surface area contributed by atoms with Gasteiger partial charge in [0.1, 0.15) is 0 Å². The summed E-state index contributed by atoms with van der Waals surface area (Å²) in [5.41, 5.74) is 5.62. The van der Waals surface area contributed by atoms with Crippen LogP contribution in [-0.2, 0) is 4.79 Å². The average molecular weight is 225 g/mol. The van der Waals surface area contributed by atoms with Gasteiger partial charge in [-0.15, -0.1) is 0 Å². The Bertz CT molecular complexity index is 241. The Morgan fingerprint density at radius 2 is 1.75 bits per heavy atom. The van der Waals surface area contributed by atoms with Gasteiger partial charge in [0.15, 0.2) is 0 Å². The maximum Gasteiger partial charge on any atom is 0.239 e. The second kappa shape index (κ2) is 5.15. The molecule has 0 aromatic carbocycles. The van der Waals surface area contributed by atoms with Gasteiger partial charge in [0.25, 0.3) is 0 Å². The number of nitrogens with two attached hydrogens (primary N) is 1. The number of piperidine rings is 1. The van der Waals surface area contributed by atoms with Crippen molar-refractivity contribution in [2.45, 2.75) is 44.7 Å². The van der Waals surface area contributed by atoms with Crippen LogP contribution in [0.5, 0.6) is 0 Å². The van der Waals surface area contributed by atoms with Gasteiger partial charge < -0.3 is 15.5 Å². The normalized spacial score (nSPS) is 26.0. The third-order valence-electron chi connectivity index (χ3n) is 3.82. The van der Waals surface area contributed by atoms with E-state index in [0.717, 1.165) is 25.9 Å². The van der Waals surface area contributed by atoms with Crippen molar-refractivity contribution in [2.75, 3.05) is 26.2 Å². The first kappa shape index (κ1) is 11.9. The zero-order chi connectivity index (χ0) is 11.5. The van der Waals surface area contributed by atoms with Gasteiger partial charge in [-0.2, -0.15) is 0 Å². The summed E-state index contributed by atoms with van der Waals surface area (Å²) in [5, 5.41) is 0. The first-order valence-corrected chi connectivity index (χ1v) is 6.47. The molecule has 2 heterocycles. The van der Waals surface area contributed by atoms with Gasteiger partial charge in [0.2, 0.25) is 5.91 Å². The summed E-state index contributed by atoms with van der Waals surface area (Å²) in [6.07, 6.45) is 4.94. The summed E-state index contributed by atoms with van der Waals surface area (Å²) in [6.45, 7) is 6.07. The monoisotopic (exact) mass is 225 g/mol.